The second-order valence-corrected chi connectivity index (χ2v) is 7.35. The van der Waals surface area contributed by atoms with Crippen molar-refractivity contribution in [2.45, 2.75) is 52.5 Å². The van der Waals surface area contributed by atoms with Crippen LogP contribution >= 0.6 is 11.6 Å². The molecule has 1 fully saturated rings. The van der Waals surface area contributed by atoms with Crippen molar-refractivity contribution in [1.82, 2.24) is 9.88 Å². The van der Waals surface area contributed by atoms with Crippen LogP contribution in [0.15, 0.2) is 12.1 Å². The third-order valence-corrected chi connectivity index (χ3v) is 4.05. The first-order valence-corrected chi connectivity index (χ1v) is 7.55. The van der Waals surface area contributed by atoms with Gasteiger partial charge in [0.2, 0.25) is 0 Å². The lowest BCUT2D eigenvalue weighted by Gasteiger charge is -2.23. The molecule has 3 nitrogen and oxygen atoms in total. The third-order valence-electron chi connectivity index (χ3n) is 3.85. The monoisotopic (exact) mass is 294 g/mol. The molecule has 1 aliphatic heterocycles. The summed E-state index contributed by atoms with van der Waals surface area (Å²) in [6, 6.07) is 3.85. The van der Waals surface area contributed by atoms with Gasteiger partial charge in [-0.3, -0.25) is 4.79 Å². The number of aromatic nitrogens is 1. The predicted octanol–water partition coefficient (Wildman–Crippen LogP) is 3.90. The summed E-state index contributed by atoms with van der Waals surface area (Å²) in [4.78, 5) is 19.0. The quantitative estimate of drug-likeness (QED) is 0.736. The lowest BCUT2D eigenvalue weighted by Crippen LogP contribution is -2.34. The van der Waals surface area contributed by atoms with Gasteiger partial charge in [0.15, 0.2) is 0 Å². The van der Waals surface area contributed by atoms with Crippen molar-refractivity contribution < 1.29 is 4.79 Å². The van der Waals surface area contributed by atoms with E-state index in [1.807, 2.05) is 11.0 Å². The van der Waals surface area contributed by atoms with Crippen molar-refractivity contribution in [3.05, 3.63) is 28.5 Å². The molecule has 1 saturated heterocycles. The maximum atomic E-state index is 12.7. The van der Waals surface area contributed by atoms with Gasteiger partial charge >= 0.3 is 0 Å². The smallest absolute Gasteiger partial charge is 0.254 e. The second-order valence-electron chi connectivity index (χ2n) is 6.96. The zero-order chi connectivity index (χ0) is 15.1. The maximum Gasteiger partial charge on any atom is 0.254 e. The van der Waals surface area contributed by atoms with Gasteiger partial charge in [-0.2, -0.15) is 0 Å². The van der Waals surface area contributed by atoms with Crippen LogP contribution in [0, 0.1) is 5.92 Å². The first kappa shape index (κ1) is 15.3. The van der Waals surface area contributed by atoms with Gasteiger partial charge < -0.3 is 4.90 Å². The molecule has 0 radical (unpaired) electrons. The van der Waals surface area contributed by atoms with Crippen molar-refractivity contribution in [1.29, 1.82) is 0 Å². The van der Waals surface area contributed by atoms with Crippen LogP contribution < -0.4 is 0 Å². The molecule has 1 aromatic rings. The van der Waals surface area contributed by atoms with Crippen molar-refractivity contribution >= 4 is 17.5 Å². The van der Waals surface area contributed by atoms with Gasteiger partial charge in [-0.25, -0.2) is 4.98 Å². The largest absolute Gasteiger partial charge is 0.336 e. The Bertz CT molecular complexity index is 522. The molecular weight excluding hydrogens is 272 g/mol. The van der Waals surface area contributed by atoms with Crippen LogP contribution in [0.5, 0.6) is 0 Å². The van der Waals surface area contributed by atoms with E-state index in [4.69, 9.17) is 11.6 Å². The standard InChI is InChI=1S/C16H23ClN2O/c1-10-6-11(2)19(9-10)15(20)12-7-13(16(3,4)5)18-14(17)8-12/h7-8,10-11H,6,9H2,1-5H3. The minimum absolute atomic E-state index is 0.0663. The molecule has 2 heterocycles. The lowest BCUT2D eigenvalue weighted by molar-refractivity contribution is 0.0743. The first-order chi connectivity index (χ1) is 9.18. The highest BCUT2D eigenvalue weighted by atomic mass is 35.5. The molecule has 1 aliphatic rings. The molecule has 0 bridgehead atoms. The van der Waals surface area contributed by atoms with Crippen molar-refractivity contribution in [2.24, 2.45) is 5.92 Å². The van der Waals surface area contributed by atoms with E-state index in [-0.39, 0.29) is 11.3 Å². The molecule has 110 valence electrons. The van der Waals surface area contributed by atoms with E-state index in [9.17, 15) is 4.79 Å². The average Bonchev–Trinajstić information content (AvgIpc) is 2.65. The maximum absolute atomic E-state index is 12.7. The van der Waals surface area contributed by atoms with Crippen molar-refractivity contribution in [2.75, 3.05) is 6.54 Å². The van der Waals surface area contributed by atoms with Crippen LogP contribution in [0.25, 0.3) is 0 Å². The Morgan fingerprint density at radius 1 is 1.35 bits per heavy atom. The summed E-state index contributed by atoms with van der Waals surface area (Å²) in [5.74, 6) is 0.630. The fourth-order valence-corrected chi connectivity index (χ4v) is 2.96. The van der Waals surface area contributed by atoms with Gasteiger partial charge in [-0.1, -0.05) is 39.3 Å². The van der Waals surface area contributed by atoms with Crippen LogP contribution in [-0.2, 0) is 5.41 Å². The number of halogens is 1. The molecule has 0 aliphatic carbocycles. The number of nitrogens with zero attached hydrogens (tertiary/aromatic N) is 2. The predicted molar refractivity (Wildman–Crippen MR) is 82.2 cm³/mol. The highest BCUT2D eigenvalue weighted by Crippen LogP contribution is 2.27. The third kappa shape index (κ3) is 3.14. The molecule has 0 spiro atoms. The zero-order valence-electron chi connectivity index (χ0n) is 12.9. The first-order valence-electron chi connectivity index (χ1n) is 7.17. The number of hydrogen-bond acceptors (Lipinski definition) is 2. The van der Waals surface area contributed by atoms with Gasteiger partial charge in [0.1, 0.15) is 5.15 Å². The number of amides is 1. The van der Waals surface area contributed by atoms with Gasteiger partial charge in [0.05, 0.1) is 0 Å². The lowest BCUT2D eigenvalue weighted by atomic mass is 9.90. The van der Waals surface area contributed by atoms with E-state index >= 15 is 0 Å². The Morgan fingerprint density at radius 3 is 2.50 bits per heavy atom. The molecule has 0 N–H and O–H groups in total. The molecule has 2 atom stereocenters. The Labute approximate surface area is 126 Å². The van der Waals surface area contributed by atoms with Crippen LogP contribution in [0.1, 0.15) is 57.1 Å². The molecule has 1 amide bonds. The Kier molecular flexibility index (Phi) is 4.10. The summed E-state index contributed by atoms with van der Waals surface area (Å²) in [6.45, 7) is 11.3. The summed E-state index contributed by atoms with van der Waals surface area (Å²) >= 11 is 6.09. The number of carbonyl (C=O) groups excluding carboxylic acids is 1. The van der Waals surface area contributed by atoms with Gasteiger partial charge in [-0.15, -0.1) is 0 Å². The fourth-order valence-electron chi connectivity index (χ4n) is 2.75. The highest BCUT2D eigenvalue weighted by Gasteiger charge is 2.31. The molecule has 0 aromatic carbocycles. The summed E-state index contributed by atoms with van der Waals surface area (Å²) < 4.78 is 0. The number of carbonyl (C=O) groups is 1. The number of hydrogen-bond donors (Lipinski definition) is 0. The van der Waals surface area contributed by atoms with Crippen LogP contribution in [-0.4, -0.2) is 28.4 Å². The average molecular weight is 295 g/mol. The van der Waals surface area contributed by atoms with E-state index in [0.717, 1.165) is 18.7 Å². The Hall–Kier alpha value is -1.09. The van der Waals surface area contributed by atoms with E-state index in [1.54, 1.807) is 6.07 Å². The van der Waals surface area contributed by atoms with Gasteiger partial charge in [-0.05, 0) is 31.4 Å². The summed E-state index contributed by atoms with van der Waals surface area (Å²) in [6.07, 6.45) is 1.07. The molecular formula is C16H23ClN2O. The number of rotatable bonds is 1. The minimum Gasteiger partial charge on any atom is -0.336 e. The normalized spacial score (nSPS) is 23.2. The summed E-state index contributed by atoms with van der Waals surface area (Å²) in [7, 11) is 0. The van der Waals surface area contributed by atoms with E-state index in [2.05, 4.69) is 39.6 Å². The highest BCUT2D eigenvalue weighted by molar-refractivity contribution is 6.29. The van der Waals surface area contributed by atoms with Crippen LogP contribution in [0.4, 0.5) is 0 Å². The fraction of sp³-hybridized carbons (Fsp3) is 0.625. The second kappa shape index (κ2) is 5.36. The molecule has 20 heavy (non-hydrogen) atoms. The molecule has 4 heteroatoms. The topological polar surface area (TPSA) is 33.2 Å². The van der Waals surface area contributed by atoms with E-state index in [1.165, 1.54) is 0 Å². The van der Waals surface area contributed by atoms with E-state index < -0.39 is 0 Å². The van der Waals surface area contributed by atoms with Crippen molar-refractivity contribution in [3.63, 3.8) is 0 Å². The van der Waals surface area contributed by atoms with Gasteiger partial charge in [0, 0.05) is 29.3 Å². The SMILES string of the molecule is CC1CC(C)N(C(=O)c2cc(Cl)nc(C(C)(C)C)c2)C1. The Balaban J connectivity index is 2.33. The van der Waals surface area contributed by atoms with E-state index in [0.29, 0.717) is 22.7 Å². The summed E-state index contributed by atoms with van der Waals surface area (Å²) in [5.41, 5.74) is 1.38. The zero-order valence-corrected chi connectivity index (χ0v) is 13.7. The Morgan fingerprint density at radius 2 is 2.00 bits per heavy atom. The number of likely N-dealkylation sites (tertiary alicyclic amines) is 1. The minimum atomic E-state index is -0.121. The van der Waals surface area contributed by atoms with Crippen LogP contribution in [0.2, 0.25) is 5.15 Å². The van der Waals surface area contributed by atoms with Crippen LogP contribution in [0.3, 0.4) is 0 Å². The molecule has 2 rings (SSSR count). The molecule has 2 unspecified atom stereocenters. The molecule has 0 saturated carbocycles. The molecule has 1 aromatic heterocycles. The number of pyridine rings is 1. The summed E-state index contributed by atoms with van der Waals surface area (Å²) in [5, 5.41) is 0.390. The van der Waals surface area contributed by atoms with Crippen molar-refractivity contribution in [3.8, 4) is 0 Å². The van der Waals surface area contributed by atoms with Gasteiger partial charge in [0.25, 0.3) is 5.91 Å².